The zero-order chi connectivity index (χ0) is 15.4. The normalized spacial score (nSPS) is 14.1. The Balaban J connectivity index is 2.01. The van der Waals surface area contributed by atoms with E-state index in [9.17, 15) is 13.0 Å². The highest BCUT2D eigenvalue weighted by molar-refractivity contribution is 7.84. The quantitative estimate of drug-likeness (QED) is 0.817. The summed E-state index contributed by atoms with van der Waals surface area (Å²) in [5.74, 6) is 1.04. The number of benzene rings is 1. The van der Waals surface area contributed by atoms with Crippen molar-refractivity contribution in [2.75, 3.05) is 0 Å². The Morgan fingerprint density at radius 1 is 1.33 bits per heavy atom. The van der Waals surface area contributed by atoms with E-state index >= 15 is 0 Å². The van der Waals surface area contributed by atoms with Gasteiger partial charge in [0.1, 0.15) is 11.5 Å². The van der Waals surface area contributed by atoms with Crippen LogP contribution in [0.15, 0.2) is 34.9 Å². The van der Waals surface area contributed by atoms with Gasteiger partial charge >= 0.3 is 6.61 Å². The minimum Gasteiger partial charge on any atom is -0.435 e. The van der Waals surface area contributed by atoms with E-state index in [1.807, 2.05) is 6.92 Å². The van der Waals surface area contributed by atoms with Crippen LogP contribution in [0.5, 0.6) is 5.75 Å². The number of ether oxygens (including phenoxy) is 1. The number of hydrogen-bond acceptors (Lipinski definition) is 4. The van der Waals surface area contributed by atoms with Crippen LogP contribution in [0, 0.1) is 6.92 Å². The van der Waals surface area contributed by atoms with E-state index in [4.69, 9.17) is 4.52 Å². The first-order chi connectivity index (χ1) is 9.95. The second-order valence-electron chi connectivity index (χ2n) is 4.54. The summed E-state index contributed by atoms with van der Waals surface area (Å²) in [5.41, 5.74) is 1.42. The minimum absolute atomic E-state index is 0.0823. The number of alkyl halides is 2. The molecule has 0 aliphatic rings. The van der Waals surface area contributed by atoms with Gasteiger partial charge in [0.25, 0.3) is 0 Å². The third-order valence-electron chi connectivity index (χ3n) is 2.94. The van der Waals surface area contributed by atoms with Gasteiger partial charge in [-0.15, -0.1) is 0 Å². The number of halogens is 2. The van der Waals surface area contributed by atoms with Gasteiger partial charge in [-0.2, -0.15) is 8.78 Å². The Bertz CT molecular complexity index is 613. The van der Waals surface area contributed by atoms with Crippen molar-refractivity contribution in [3.8, 4) is 5.75 Å². The molecule has 1 aromatic heterocycles. The third-order valence-corrected chi connectivity index (χ3v) is 4.58. The number of nitrogens with zero attached hydrogens (tertiary/aromatic N) is 1. The molecule has 0 amide bonds. The highest BCUT2D eigenvalue weighted by Gasteiger charge is 2.16. The lowest BCUT2D eigenvalue weighted by atomic mass is 10.2. The van der Waals surface area contributed by atoms with Gasteiger partial charge in [0.15, 0.2) is 0 Å². The lowest BCUT2D eigenvalue weighted by molar-refractivity contribution is -0.0498. The highest BCUT2D eigenvalue weighted by atomic mass is 32.2. The Kier molecular flexibility index (Phi) is 5.06. The van der Waals surface area contributed by atoms with E-state index in [-0.39, 0.29) is 16.8 Å². The fraction of sp³-hybridized carbons (Fsp3) is 0.357. The maximum atomic E-state index is 12.3. The molecule has 0 unspecified atom stereocenters. The molecule has 0 aliphatic heterocycles. The summed E-state index contributed by atoms with van der Waals surface area (Å²) in [4.78, 5) is 0. The summed E-state index contributed by atoms with van der Waals surface area (Å²) >= 11 is 0. The monoisotopic (exact) mass is 315 g/mol. The Morgan fingerprint density at radius 3 is 2.52 bits per heavy atom. The minimum atomic E-state index is -2.85. The van der Waals surface area contributed by atoms with E-state index in [0.717, 1.165) is 5.56 Å². The fourth-order valence-corrected chi connectivity index (χ4v) is 2.97. The molecule has 0 aliphatic carbocycles. The molecule has 0 bridgehead atoms. The second kappa shape index (κ2) is 6.80. The lowest BCUT2D eigenvalue weighted by Crippen LogP contribution is -2.06. The molecule has 0 spiro atoms. The molecule has 0 saturated heterocycles. The summed E-state index contributed by atoms with van der Waals surface area (Å²) in [6.07, 6.45) is 0. The van der Waals surface area contributed by atoms with E-state index in [1.165, 1.54) is 12.1 Å². The van der Waals surface area contributed by atoms with E-state index < -0.39 is 17.4 Å². The molecule has 0 N–H and O–H groups in total. The van der Waals surface area contributed by atoms with Gasteiger partial charge in [0, 0.05) is 16.9 Å². The van der Waals surface area contributed by atoms with Crippen molar-refractivity contribution in [3.05, 3.63) is 47.3 Å². The van der Waals surface area contributed by atoms with Crippen LogP contribution >= 0.6 is 0 Å². The van der Waals surface area contributed by atoms with Crippen LogP contribution in [0.1, 0.15) is 29.2 Å². The largest absolute Gasteiger partial charge is 0.435 e. The van der Waals surface area contributed by atoms with Gasteiger partial charge in [-0.3, -0.25) is 4.21 Å². The van der Waals surface area contributed by atoms with Crippen LogP contribution in [0.4, 0.5) is 8.78 Å². The van der Waals surface area contributed by atoms with Gasteiger partial charge in [-0.05, 0) is 31.5 Å². The van der Waals surface area contributed by atoms with E-state index in [2.05, 4.69) is 9.89 Å². The van der Waals surface area contributed by atoms with Crippen molar-refractivity contribution in [2.45, 2.75) is 31.5 Å². The zero-order valence-electron chi connectivity index (χ0n) is 11.6. The number of hydrogen-bond donors (Lipinski definition) is 0. The summed E-state index contributed by atoms with van der Waals surface area (Å²) in [7, 11) is -1.18. The molecule has 2 rings (SSSR count). The number of aryl methyl sites for hydroxylation is 1. The van der Waals surface area contributed by atoms with Crippen molar-refractivity contribution in [1.29, 1.82) is 0 Å². The molecule has 7 heteroatoms. The van der Waals surface area contributed by atoms with Crippen molar-refractivity contribution >= 4 is 10.8 Å². The summed E-state index contributed by atoms with van der Waals surface area (Å²) < 4.78 is 45.6. The van der Waals surface area contributed by atoms with Gasteiger partial charge in [0.2, 0.25) is 0 Å². The van der Waals surface area contributed by atoms with Crippen LogP contribution in [-0.2, 0) is 16.6 Å². The first kappa shape index (κ1) is 15.6. The van der Waals surface area contributed by atoms with Crippen LogP contribution in [-0.4, -0.2) is 16.0 Å². The maximum Gasteiger partial charge on any atom is 0.387 e. The molecule has 21 heavy (non-hydrogen) atoms. The van der Waals surface area contributed by atoms with Crippen molar-refractivity contribution in [2.24, 2.45) is 0 Å². The predicted molar refractivity (Wildman–Crippen MR) is 74.6 cm³/mol. The van der Waals surface area contributed by atoms with Crippen molar-refractivity contribution < 1.29 is 22.2 Å². The molecule has 0 fully saturated rings. The molecule has 114 valence electrons. The molecule has 2 atom stereocenters. The molecule has 1 aromatic carbocycles. The fourth-order valence-electron chi connectivity index (χ4n) is 1.83. The maximum absolute atomic E-state index is 12.3. The summed E-state index contributed by atoms with van der Waals surface area (Å²) in [5, 5.41) is 3.56. The smallest absolute Gasteiger partial charge is 0.387 e. The first-order valence-electron chi connectivity index (χ1n) is 6.30. The molecular formula is C14H15F2NO3S. The SMILES string of the molecule is Cc1cc(C[S@@](=O)[C@H](C)c2ccc(OC(F)F)cc2)no1. The van der Waals surface area contributed by atoms with Gasteiger partial charge in [0.05, 0.1) is 16.7 Å². The van der Waals surface area contributed by atoms with Crippen molar-refractivity contribution in [3.63, 3.8) is 0 Å². The number of rotatable bonds is 6. The second-order valence-corrected chi connectivity index (χ2v) is 6.30. The van der Waals surface area contributed by atoms with Gasteiger partial charge in [-0.25, -0.2) is 0 Å². The summed E-state index contributed by atoms with van der Waals surface area (Å²) in [6, 6.07) is 7.89. The molecule has 1 heterocycles. The van der Waals surface area contributed by atoms with Crippen molar-refractivity contribution in [1.82, 2.24) is 5.16 Å². The first-order valence-corrected chi connectivity index (χ1v) is 7.68. The highest BCUT2D eigenvalue weighted by Crippen LogP contribution is 2.24. The third kappa shape index (κ3) is 4.35. The van der Waals surface area contributed by atoms with E-state index in [1.54, 1.807) is 25.1 Å². The average molecular weight is 315 g/mol. The number of aromatic nitrogens is 1. The molecule has 4 nitrogen and oxygen atoms in total. The van der Waals surface area contributed by atoms with Gasteiger partial charge in [-0.1, -0.05) is 17.3 Å². The molecular weight excluding hydrogens is 300 g/mol. The molecule has 0 radical (unpaired) electrons. The standard InChI is InChI=1S/C14H15F2NO3S/c1-9-7-12(17-20-9)8-21(18)10(2)11-3-5-13(6-4-11)19-14(15)16/h3-7,10,14H,8H2,1-2H3/t10-,21-/m1/s1. The zero-order valence-corrected chi connectivity index (χ0v) is 12.4. The molecule has 2 aromatic rings. The van der Waals surface area contributed by atoms with Crippen LogP contribution < -0.4 is 4.74 Å². The molecule has 0 saturated carbocycles. The Hall–Kier alpha value is -1.76. The lowest BCUT2D eigenvalue weighted by Gasteiger charge is -2.12. The van der Waals surface area contributed by atoms with Crippen LogP contribution in [0.25, 0.3) is 0 Å². The van der Waals surface area contributed by atoms with E-state index in [0.29, 0.717) is 11.5 Å². The predicted octanol–water partition coefficient (Wildman–Crippen LogP) is 3.59. The Labute approximate surface area is 123 Å². The Morgan fingerprint density at radius 2 is 2.00 bits per heavy atom. The van der Waals surface area contributed by atoms with Crippen LogP contribution in [0.3, 0.4) is 0 Å². The topological polar surface area (TPSA) is 52.3 Å². The summed E-state index contributed by atoms with van der Waals surface area (Å²) in [6.45, 7) is 0.731. The van der Waals surface area contributed by atoms with Gasteiger partial charge < -0.3 is 9.26 Å². The average Bonchev–Trinajstić information content (AvgIpc) is 2.83. The van der Waals surface area contributed by atoms with Crippen LogP contribution in [0.2, 0.25) is 0 Å².